The lowest BCUT2D eigenvalue weighted by atomic mass is 9.98. The van der Waals surface area contributed by atoms with E-state index in [4.69, 9.17) is 9.47 Å². The van der Waals surface area contributed by atoms with Crippen molar-refractivity contribution in [3.63, 3.8) is 0 Å². The summed E-state index contributed by atoms with van der Waals surface area (Å²) >= 11 is 1.44. The van der Waals surface area contributed by atoms with E-state index in [1.165, 1.54) is 16.2 Å². The van der Waals surface area contributed by atoms with E-state index in [-0.39, 0.29) is 17.9 Å². The summed E-state index contributed by atoms with van der Waals surface area (Å²) < 4.78 is 10.9. The van der Waals surface area contributed by atoms with Gasteiger partial charge in [0.1, 0.15) is 11.5 Å². The van der Waals surface area contributed by atoms with Gasteiger partial charge in [-0.3, -0.25) is 9.59 Å². The lowest BCUT2D eigenvalue weighted by Crippen LogP contribution is -2.32. The normalized spacial score (nSPS) is 18.4. The van der Waals surface area contributed by atoms with E-state index in [0.717, 1.165) is 16.2 Å². The number of aryl methyl sites for hydroxylation is 1. The average Bonchev–Trinajstić information content (AvgIpc) is 3.32. The Morgan fingerprint density at radius 1 is 1.27 bits per heavy atom. The fourth-order valence-corrected chi connectivity index (χ4v) is 4.26. The van der Waals surface area contributed by atoms with E-state index in [1.807, 2.05) is 24.4 Å². The van der Waals surface area contributed by atoms with Crippen molar-refractivity contribution < 1.29 is 24.2 Å². The second-order valence-electron chi connectivity index (χ2n) is 7.69. The van der Waals surface area contributed by atoms with Gasteiger partial charge in [-0.05, 0) is 48.1 Å². The van der Waals surface area contributed by atoms with Crippen molar-refractivity contribution in [1.82, 2.24) is 4.90 Å². The number of likely N-dealkylation sites (tertiary alicyclic amines) is 1. The van der Waals surface area contributed by atoms with Crippen molar-refractivity contribution in [1.29, 1.82) is 0 Å². The van der Waals surface area contributed by atoms with Gasteiger partial charge in [-0.1, -0.05) is 19.9 Å². The summed E-state index contributed by atoms with van der Waals surface area (Å²) in [5, 5.41) is 13.0. The predicted molar refractivity (Wildman–Crippen MR) is 117 cm³/mol. The SMILES string of the molecule is COCCN1C(=O)C(=O)/C(=C(\O)c2ccc(OCC(C)C)c(C)c2)C1c1cccs1. The summed E-state index contributed by atoms with van der Waals surface area (Å²) in [6.45, 7) is 7.19. The molecule has 0 bridgehead atoms. The molecule has 0 radical (unpaired) electrons. The minimum absolute atomic E-state index is 0.105. The molecule has 1 aliphatic heterocycles. The monoisotopic (exact) mass is 429 g/mol. The molecule has 160 valence electrons. The molecule has 2 aromatic rings. The van der Waals surface area contributed by atoms with Gasteiger partial charge in [0.25, 0.3) is 11.7 Å². The summed E-state index contributed by atoms with van der Waals surface area (Å²) in [6, 6.07) is 8.38. The zero-order valence-corrected chi connectivity index (χ0v) is 18.5. The van der Waals surface area contributed by atoms with Crippen LogP contribution in [0.15, 0.2) is 41.3 Å². The van der Waals surface area contributed by atoms with Gasteiger partial charge in [0.05, 0.1) is 24.8 Å². The fraction of sp³-hybridized carbons (Fsp3) is 0.391. The van der Waals surface area contributed by atoms with Crippen LogP contribution in [-0.2, 0) is 14.3 Å². The van der Waals surface area contributed by atoms with Gasteiger partial charge in [-0.15, -0.1) is 11.3 Å². The van der Waals surface area contributed by atoms with E-state index >= 15 is 0 Å². The molecular weight excluding hydrogens is 402 g/mol. The van der Waals surface area contributed by atoms with Gasteiger partial charge >= 0.3 is 0 Å². The molecule has 1 saturated heterocycles. The lowest BCUT2D eigenvalue weighted by molar-refractivity contribution is -0.140. The highest BCUT2D eigenvalue weighted by Crippen LogP contribution is 2.41. The van der Waals surface area contributed by atoms with E-state index in [9.17, 15) is 14.7 Å². The quantitative estimate of drug-likeness (QED) is 0.387. The zero-order valence-electron chi connectivity index (χ0n) is 17.7. The Kier molecular flexibility index (Phi) is 6.95. The van der Waals surface area contributed by atoms with E-state index in [2.05, 4.69) is 13.8 Å². The Bertz CT molecular complexity index is 949. The number of hydrogen-bond acceptors (Lipinski definition) is 6. The maximum atomic E-state index is 12.9. The Balaban J connectivity index is 2.02. The second-order valence-corrected chi connectivity index (χ2v) is 8.67. The minimum atomic E-state index is -0.681. The molecule has 0 spiro atoms. The predicted octanol–water partition coefficient (Wildman–Crippen LogP) is 4.16. The third-order valence-corrected chi connectivity index (χ3v) is 5.83. The summed E-state index contributed by atoms with van der Waals surface area (Å²) in [5.74, 6) is -0.354. The summed E-state index contributed by atoms with van der Waals surface area (Å²) in [5.41, 5.74) is 1.44. The first-order valence-electron chi connectivity index (χ1n) is 9.89. The Morgan fingerprint density at radius 2 is 2.03 bits per heavy atom. The van der Waals surface area contributed by atoms with Crippen LogP contribution in [0.1, 0.15) is 35.9 Å². The van der Waals surface area contributed by atoms with Gasteiger partial charge in [0.15, 0.2) is 0 Å². The number of carbonyl (C=O) groups excluding carboxylic acids is 2. The number of aliphatic hydroxyl groups is 1. The molecule has 1 amide bonds. The molecule has 0 aliphatic carbocycles. The summed E-state index contributed by atoms with van der Waals surface area (Å²) in [4.78, 5) is 27.8. The summed E-state index contributed by atoms with van der Waals surface area (Å²) in [7, 11) is 1.54. The number of thiophene rings is 1. The van der Waals surface area contributed by atoms with Crippen LogP contribution >= 0.6 is 11.3 Å². The second kappa shape index (κ2) is 9.45. The van der Waals surface area contributed by atoms with Crippen LogP contribution in [0.3, 0.4) is 0 Å². The largest absolute Gasteiger partial charge is 0.507 e. The van der Waals surface area contributed by atoms with Gasteiger partial charge in [-0.2, -0.15) is 0 Å². The van der Waals surface area contributed by atoms with Gasteiger partial charge < -0.3 is 19.5 Å². The van der Waals surface area contributed by atoms with Crippen LogP contribution in [0.5, 0.6) is 5.75 Å². The van der Waals surface area contributed by atoms with Gasteiger partial charge in [-0.25, -0.2) is 0 Å². The van der Waals surface area contributed by atoms with Crippen LogP contribution < -0.4 is 4.74 Å². The Labute approximate surface area is 180 Å². The molecule has 6 nitrogen and oxygen atoms in total. The first-order valence-corrected chi connectivity index (χ1v) is 10.8. The molecular formula is C23H27NO5S. The van der Waals surface area contributed by atoms with Crippen molar-refractivity contribution in [3.8, 4) is 5.75 Å². The van der Waals surface area contributed by atoms with Gasteiger partial charge in [0.2, 0.25) is 0 Å². The molecule has 1 fully saturated rings. The van der Waals surface area contributed by atoms with E-state index in [0.29, 0.717) is 24.7 Å². The molecule has 1 N–H and O–H groups in total. The number of rotatable bonds is 8. The Hall–Kier alpha value is -2.64. The number of ether oxygens (including phenoxy) is 2. The highest BCUT2D eigenvalue weighted by Gasteiger charge is 2.46. The van der Waals surface area contributed by atoms with Crippen molar-refractivity contribution >= 4 is 28.8 Å². The number of benzene rings is 1. The van der Waals surface area contributed by atoms with Gasteiger partial charge in [0, 0.05) is 24.1 Å². The molecule has 1 unspecified atom stereocenters. The van der Waals surface area contributed by atoms with Crippen LogP contribution in [-0.4, -0.2) is 48.6 Å². The molecule has 1 aromatic carbocycles. The topological polar surface area (TPSA) is 76.1 Å². The van der Waals surface area contributed by atoms with Crippen LogP contribution in [0, 0.1) is 12.8 Å². The fourth-order valence-electron chi connectivity index (χ4n) is 3.41. The van der Waals surface area contributed by atoms with E-state index < -0.39 is 17.7 Å². The first kappa shape index (κ1) is 22.1. The van der Waals surface area contributed by atoms with Crippen molar-refractivity contribution in [2.75, 3.05) is 26.9 Å². The van der Waals surface area contributed by atoms with Crippen LogP contribution in [0.4, 0.5) is 0 Å². The smallest absolute Gasteiger partial charge is 0.295 e. The van der Waals surface area contributed by atoms with Crippen molar-refractivity contribution in [2.24, 2.45) is 5.92 Å². The maximum Gasteiger partial charge on any atom is 0.295 e. The first-order chi connectivity index (χ1) is 14.3. The molecule has 1 aromatic heterocycles. The number of ketones is 1. The number of hydrogen-bond donors (Lipinski definition) is 1. The molecule has 30 heavy (non-hydrogen) atoms. The number of carbonyl (C=O) groups is 2. The lowest BCUT2D eigenvalue weighted by Gasteiger charge is -2.23. The molecule has 3 rings (SSSR count). The highest BCUT2D eigenvalue weighted by atomic mass is 32.1. The standard InChI is InChI=1S/C23H27NO5S/c1-14(2)13-29-17-8-7-16(12-15(17)3)21(25)19-20(18-6-5-11-30-18)24(9-10-28-4)23(27)22(19)26/h5-8,11-12,14,20,25H,9-10,13H2,1-4H3/b21-19-. The van der Waals surface area contributed by atoms with E-state index in [1.54, 1.807) is 25.3 Å². The maximum absolute atomic E-state index is 12.9. The van der Waals surface area contributed by atoms with Crippen molar-refractivity contribution in [3.05, 3.63) is 57.3 Å². The number of aliphatic hydroxyl groups excluding tert-OH is 1. The third kappa shape index (κ3) is 4.42. The zero-order chi connectivity index (χ0) is 21.8. The Morgan fingerprint density at radius 3 is 2.63 bits per heavy atom. The highest BCUT2D eigenvalue weighted by molar-refractivity contribution is 7.10. The number of amides is 1. The third-order valence-electron chi connectivity index (χ3n) is 4.91. The number of nitrogens with zero attached hydrogens (tertiary/aromatic N) is 1. The molecule has 1 aliphatic rings. The number of Topliss-reactive ketones (excluding diaryl/α,β-unsaturated/α-hetero) is 1. The number of methoxy groups -OCH3 is 1. The average molecular weight is 430 g/mol. The molecule has 2 heterocycles. The van der Waals surface area contributed by atoms with Crippen LogP contribution in [0.25, 0.3) is 5.76 Å². The molecule has 0 saturated carbocycles. The molecule has 1 atom stereocenters. The van der Waals surface area contributed by atoms with Crippen LogP contribution in [0.2, 0.25) is 0 Å². The van der Waals surface area contributed by atoms with Crippen molar-refractivity contribution in [2.45, 2.75) is 26.8 Å². The molecule has 7 heteroatoms. The minimum Gasteiger partial charge on any atom is -0.507 e. The summed E-state index contributed by atoms with van der Waals surface area (Å²) in [6.07, 6.45) is 0.